The molecular weight excluding hydrogens is 384 g/mol. The van der Waals surface area contributed by atoms with Crippen LogP contribution < -0.4 is 14.8 Å². The Bertz CT molecular complexity index is 906. The molecule has 7 nitrogen and oxygen atoms in total. The lowest BCUT2D eigenvalue weighted by Crippen LogP contribution is -2.30. The molecule has 2 rings (SSSR count). The lowest BCUT2D eigenvalue weighted by Gasteiger charge is -2.15. The van der Waals surface area contributed by atoms with Crippen LogP contribution in [0.3, 0.4) is 0 Å². The predicted molar refractivity (Wildman–Crippen MR) is 104 cm³/mol. The Kier molecular flexibility index (Phi) is 7.24. The van der Waals surface area contributed by atoms with E-state index in [0.29, 0.717) is 23.6 Å². The highest BCUT2D eigenvalue weighted by atomic mass is 35.5. The van der Waals surface area contributed by atoms with Crippen molar-refractivity contribution in [3.63, 3.8) is 0 Å². The monoisotopic (exact) mass is 402 g/mol. The molecule has 0 radical (unpaired) electrons. The smallest absolute Gasteiger partial charge is 0.339 e. The lowest BCUT2D eigenvalue weighted by molar-refractivity contribution is -0.123. The maximum absolute atomic E-state index is 12.4. The van der Waals surface area contributed by atoms with Gasteiger partial charge in [-0.05, 0) is 50.2 Å². The molecule has 1 N–H and O–H groups in total. The summed E-state index contributed by atoms with van der Waals surface area (Å²) in [5, 5.41) is 11.6. The summed E-state index contributed by atoms with van der Waals surface area (Å²) in [4.78, 5) is 24.6. The summed E-state index contributed by atoms with van der Waals surface area (Å²) < 4.78 is 15.8. The zero-order valence-corrected chi connectivity index (χ0v) is 16.4. The molecule has 0 saturated carbocycles. The molecule has 0 saturated heterocycles. The first-order valence-corrected chi connectivity index (χ1v) is 8.79. The number of rotatable bonds is 7. The minimum atomic E-state index is -1.06. The van der Waals surface area contributed by atoms with Crippen LogP contribution in [-0.2, 0) is 9.53 Å². The summed E-state index contributed by atoms with van der Waals surface area (Å²) in [5.41, 5.74) is 1.08. The summed E-state index contributed by atoms with van der Waals surface area (Å²) in [7, 11) is 1.43. The Morgan fingerprint density at radius 2 is 1.93 bits per heavy atom. The summed E-state index contributed by atoms with van der Waals surface area (Å²) in [6.07, 6.45) is -1.06. The number of hydrogen-bond acceptors (Lipinski definition) is 6. The highest BCUT2D eigenvalue weighted by molar-refractivity contribution is 6.32. The maximum Gasteiger partial charge on any atom is 0.339 e. The third-order valence-corrected chi connectivity index (χ3v) is 3.97. The van der Waals surface area contributed by atoms with Gasteiger partial charge in [-0.15, -0.1) is 0 Å². The average Bonchev–Trinajstić information content (AvgIpc) is 2.69. The summed E-state index contributed by atoms with van der Waals surface area (Å²) in [6, 6.07) is 11.1. The van der Waals surface area contributed by atoms with E-state index in [1.807, 2.05) is 6.07 Å². The van der Waals surface area contributed by atoms with E-state index in [4.69, 9.17) is 31.1 Å². The van der Waals surface area contributed by atoms with Crippen LogP contribution in [0.15, 0.2) is 36.4 Å². The van der Waals surface area contributed by atoms with Crippen molar-refractivity contribution in [1.29, 1.82) is 5.26 Å². The van der Waals surface area contributed by atoms with Crippen LogP contribution in [-0.4, -0.2) is 31.7 Å². The molecular formula is C20H19ClN2O5. The number of nitrogens with one attached hydrogen (secondary N) is 1. The minimum Gasteiger partial charge on any atom is -0.493 e. The number of amides is 1. The standard InChI is InChI=1S/C20H19ClN2O5/c1-4-27-18-16(21)9-14(10-17(18)26-3)20(25)28-12(2)19(24)23-15-7-5-13(11-22)6-8-15/h5-10,12H,4H2,1-3H3,(H,23,24)/t12-/m0/s1. The molecule has 8 heteroatoms. The highest BCUT2D eigenvalue weighted by Gasteiger charge is 2.22. The molecule has 0 unspecified atom stereocenters. The molecule has 28 heavy (non-hydrogen) atoms. The molecule has 0 aliphatic carbocycles. The third kappa shape index (κ3) is 5.15. The first-order valence-electron chi connectivity index (χ1n) is 8.42. The van der Waals surface area contributed by atoms with Crippen molar-refractivity contribution < 1.29 is 23.8 Å². The molecule has 2 aromatic rings. The fourth-order valence-corrected chi connectivity index (χ4v) is 2.54. The lowest BCUT2D eigenvalue weighted by atomic mass is 10.2. The largest absolute Gasteiger partial charge is 0.493 e. The van der Waals surface area contributed by atoms with Gasteiger partial charge in [0.1, 0.15) is 0 Å². The second-order valence-electron chi connectivity index (χ2n) is 5.65. The number of hydrogen-bond donors (Lipinski definition) is 1. The Balaban J connectivity index is 2.07. The SMILES string of the molecule is CCOc1c(Cl)cc(C(=O)O[C@@H](C)C(=O)Nc2ccc(C#N)cc2)cc1OC. The van der Waals surface area contributed by atoms with Crippen LogP contribution in [0.1, 0.15) is 29.8 Å². The number of carbonyl (C=O) groups excluding carboxylic acids is 2. The van der Waals surface area contributed by atoms with Gasteiger partial charge in [-0.1, -0.05) is 11.6 Å². The Labute approximate surface area is 167 Å². The molecule has 0 aliphatic rings. The Morgan fingerprint density at radius 3 is 2.50 bits per heavy atom. The van der Waals surface area contributed by atoms with Crippen LogP contribution in [0.4, 0.5) is 5.69 Å². The molecule has 1 amide bonds. The number of carbonyl (C=O) groups is 2. The van der Waals surface area contributed by atoms with Gasteiger partial charge in [0.25, 0.3) is 5.91 Å². The Morgan fingerprint density at radius 1 is 1.25 bits per heavy atom. The van der Waals surface area contributed by atoms with Crippen molar-refractivity contribution in [1.82, 2.24) is 0 Å². The highest BCUT2D eigenvalue weighted by Crippen LogP contribution is 2.36. The number of anilines is 1. The van der Waals surface area contributed by atoms with Gasteiger partial charge in [-0.2, -0.15) is 5.26 Å². The molecule has 0 aromatic heterocycles. The van der Waals surface area contributed by atoms with E-state index in [-0.39, 0.29) is 16.3 Å². The van der Waals surface area contributed by atoms with Crippen LogP contribution in [0.5, 0.6) is 11.5 Å². The van der Waals surface area contributed by atoms with E-state index in [2.05, 4.69) is 5.32 Å². The number of ether oxygens (including phenoxy) is 3. The zero-order chi connectivity index (χ0) is 20.7. The van der Waals surface area contributed by atoms with Crippen LogP contribution in [0, 0.1) is 11.3 Å². The van der Waals surface area contributed by atoms with Crippen molar-refractivity contribution >= 4 is 29.2 Å². The molecule has 146 valence electrons. The summed E-state index contributed by atoms with van der Waals surface area (Å²) >= 11 is 6.15. The van der Waals surface area contributed by atoms with E-state index in [1.165, 1.54) is 26.2 Å². The fraction of sp³-hybridized carbons (Fsp3) is 0.250. The second-order valence-corrected chi connectivity index (χ2v) is 6.06. The topological polar surface area (TPSA) is 97.6 Å². The van der Waals surface area contributed by atoms with Crippen molar-refractivity contribution in [2.24, 2.45) is 0 Å². The molecule has 2 aromatic carbocycles. The Hall–Kier alpha value is -3.24. The fourth-order valence-electron chi connectivity index (χ4n) is 2.28. The van der Waals surface area contributed by atoms with Gasteiger partial charge in [-0.25, -0.2) is 4.79 Å². The van der Waals surface area contributed by atoms with Gasteiger partial charge >= 0.3 is 5.97 Å². The van der Waals surface area contributed by atoms with Gasteiger partial charge in [0.2, 0.25) is 0 Å². The predicted octanol–water partition coefficient (Wildman–Crippen LogP) is 3.80. The number of esters is 1. The van der Waals surface area contributed by atoms with Gasteiger partial charge < -0.3 is 19.5 Å². The number of nitrogens with zero attached hydrogens (tertiary/aromatic N) is 1. The van der Waals surface area contributed by atoms with Crippen LogP contribution in [0.2, 0.25) is 5.02 Å². The molecule has 0 fully saturated rings. The van der Waals surface area contributed by atoms with E-state index in [1.54, 1.807) is 31.2 Å². The first kappa shape index (κ1) is 21.1. The first-order chi connectivity index (χ1) is 13.4. The second kappa shape index (κ2) is 9.62. The maximum atomic E-state index is 12.4. The van der Waals surface area contributed by atoms with Crippen LogP contribution in [0.25, 0.3) is 0 Å². The quantitative estimate of drug-likeness (QED) is 0.707. The summed E-state index contributed by atoms with van der Waals surface area (Å²) in [6.45, 7) is 3.63. The van der Waals surface area contributed by atoms with Gasteiger partial charge in [0.15, 0.2) is 17.6 Å². The van der Waals surface area contributed by atoms with Crippen LogP contribution >= 0.6 is 11.6 Å². The minimum absolute atomic E-state index is 0.128. The van der Waals surface area contributed by atoms with Gasteiger partial charge in [-0.3, -0.25) is 4.79 Å². The molecule has 0 spiro atoms. The third-order valence-electron chi connectivity index (χ3n) is 3.69. The molecule has 1 atom stereocenters. The van der Waals surface area contributed by atoms with Crippen molar-refractivity contribution in [3.05, 3.63) is 52.5 Å². The van der Waals surface area contributed by atoms with Crippen molar-refractivity contribution in [3.8, 4) is 17.6 Å². The average molecular weight is 403 g/mol. The van der Waals surface area contributed by atoms with Gasteiger partial charge in [0.05, 0.1) is 35.9 Å². The molecule has 0 heterocycles. The van der Waals surface area contributed by atoms with Gasteiger partial charge in [0, 0.05) is 5.69 Å². The van der Waals surface area contributed by atoms with E-state index in [0.717, 1.165) is 0 Å². The molecule has 0 aliphatic heterocycles. The van der Waals surface area contributed by atoms with E-state index in [9.17, 15) is 9.59 Å². The molecule has 0 bridgehead atoms. The normalized spacial score (nSPS) is 11.1. The zero-order valence-electron chi connectivity index (χ0n) is 15.6. The summed E-state index contributed by atoms with van der Waals surface area (Å²) in [5.74, 6) is -0.626. The van der Waals surface area contributed by atoms with Crippen molar-refractivity contribution in [2.45, 2.75) is 20.0 Å². The number of nitriles is 1. The number of benzene rings is 2. The van der Waals surface area contributed by atoms with Crippen molar-refractivity contribution in [2.75, 3.05) is 19.0 Å². The van der Waals surface area contributed by atoms with E-state index >= 15 is 0 Å². The number of halogens is 1. The van der Waals surface area contributed by atoms with E-state index < -0.39 is 18.0 Å². The number of methoxy groups -OCH3 is 1.